The minimum atomic E-state index is -1.01. The van der Waals surface area contributed by atoms with Crippen LogP contribution in [0, 0.1) is 0 Å². The maximum Gasteiger partial charge on any atom is 0.199 e. The average Bonchev–Trinajstić information content (AvgIpc) is 2.95. The van der Waals surface area contributed by atoms with E-state index < -0.39 is 6.29 Å². The van der Waals surface area contributed by atoms with Crippen LogP contribution in [0.25, 0.3) is 0 Å². The number of hydrogen-bond acceptors (Lipinski definition) is 6. The average molecular weight is 425 g/mol. The van der Waals surface area contributed by atoms with E-state index in [1.165, 1.54) is 5.69 Å². The molecular weight excluding hydrogens is 400 g/mol. The molecule has 1 aliphatic heterocycles. The molecule has 2 heterocycles. The van der Waals surface area contributed by atoms with E-state index in [1.54, 1.807) is 11.7 Å². The Morgan fingerprint density at radius 1 is 1.27 bits per heavy atom. The zero-order chi connectivity index (χ0) is 18.5. The number of piperazine rings is 1. The fraction of sp³-hybridized carbons (Fsp3) is 0.500. The second kappa shape index (κ2) is 8.85. The van der Waals surface area contributed by atoms with Crippen LogP contribution in [0.2, 0.25) is 0 Å². The summed E-state index contributed by atoms with van der Waals surface area (Å²) < 4.78 is 13.4. The molecule has 0 amide bonds. The molecule has 7 nitrogen and oxygen atoms in total. The molecule has 0 bridgehead atoms. The van der Waals surface area contributed by atoms with Crippen molar-refractivity contribution in [2.24, 2.45) is 7.05 Å². The van der Waals surface area contributed by atoms with Crippen molar-refractivity contribution in [1.82, 2.24) is 15.1 Å². The summed E-state index contributed by atoms with van der Waals surface area (Å²) in [5, 5.41) is 17.8. The normalized spacial score (nSPS) is 15.9. The van der Waals surface area contributed by atoms with Gasteiger partial charge in [-0.2, -0.15) is 5.10 Å². The Bertz CT molecular complexity index is 714. The molecule has 0 radical (unpaired) electrons. The molecule has 1 aromatic heterocycles. The smallest absolute Gasteiger partial charge is 0.199 e. The van der Waals surface area contributed by atoms with Crippen LogP contribution in [0.1, 0.15) is 24.6 Å². The van der Waals surface area contributed by atoms with Gasteiger partial charge >= 0.3 is 0 Å². The summed E-state index contributed by atoms with van der Waals surface area (Å²) in [4.78, 5) is 2.36. The first-order valence-corrected chi connectivity index (χ1v) is 9.59. The highest BCUT2D eigenvalue weighted by Crippen LogP contribution is 2.28. The summed E-state index contributed by atoms with van der Waals surface area (Å²) in [7, 11) is 1.77. The number of aliphatic hydroxyl groups is 1. The van der Waals surface area contributed by atoms with Gasteiger partial charge in [0.25, 0.3) is 0 Å². The Kier molecular flexibility index (Phi) is 6.53. The predicted octanol–water partition coefficient (Wildman–Crippen LogP) is 2.20. The third-order valence-electron chi connectivity index (χ3n) is 4.35. The van der Waals surface area contributed by atoms with Crippen LogP contribution in [-0.4, -0.2) is 47.7 Å². The Labute approximate surface area is 162 Å². The monoisotopic (exact) mass is 424 g/mol. The molecule has 1 fully saturated rings. The van der Waals surface area contributed by atoms with Crippen molar-refractivity contribution in [2.75, 3.05) is 37.7 Å². The van der Waals surface area contributed by atoms with Crippen LogP contribution in [0.4, 0.5) is 5.69 Å². The van der Waals surface area contributed by atoms with Crippen LogP contribution in [0.5, 0.6) is 5.75 Å². The Hall–Kier alpha value is -1.61. The summed E-state index contributed by atoms with van der Waals surface area (Å²) in [6, 6.07) is 8.12. The molecule has 0 aliphatic carbocycles. The van der Waals surface area contributed by atoms with Gasteiger partial charge in [0.2, 0.25) is 0 Å². The molecule has 0 saturated carbocycles. The lowest BCUT2D eigenvalue weighted by atomic mass is 10.2. The highest BCUT2D eigenvalue weighted by atomic mass is 79.9. The van der Waals surface area contributed by atoms with Gasteiger partial charge in [0.05, 0.1) is 4.47 Å². The molecule has 8 heteroatoms. The molecule has 1 saturated heterocycles. The molecule has 2 aromatic rings. The first kappa shape index (κ1) is 19.2. The van der Waals surface area contributed by atoms with Gasteiger partial charge in [-0.3, -0.25) is 4.68 Å². The number of rotatable bonds is 7. The zero-order valence-electron chi connectivity index (χ0n) is 15.1. The zero-order valence-corrected chi connectivity index (χ0v) is 16.7. The van der Waals surface area contributed by atoms with E-state index in [0.717, 1.165) is 31.9 Å². The third kappa shape index (κ3) is 4.37. The van der Waals surface area contributed by atoms with E-state index >= 15 is 0 Å². The van der Waals surface area contributed by atoms with Crippen molar-refractivity contribution in [1.29, 1.82) is 0 Å². The molecule has 2 N–H and O–H groups in total. The number of aryl methyl sites for hydroxylation is 1. The molecule has 142 valence electrons. The van der Waals surface area contributed by atoms with Crippen LogP contribution < -0.4 is 15.0 Å². The predicted molar refractivity (Wildman–Crippen MR) is 103 cm³/mol. The summed E-state index contributed by atoms with van der Waals surface area (Å²) in [6.45, 7) is 6.63. The molecule has 3 rings (SSSR count). The van der Waals surface area contributed by atoms with Crippen molar-refractivity contribution >= 4 is 21.6 Å². The number of anilines is 1. The number of aromatic nitrogens is 2. The number of benzene rings is 1. The van der Waals surface area contributed by atoms with Gasteiger partial charge in [-0.05, 0) is 47.1 Å². The molecule has 1 aliphatic rings. The van der Waals surface area contributed by atoms with Gasteiger partial charge in [0, 0.05) is 45.5 Å². The van der Waals surface area contributed by atoms with E-state index in [0.29, 0.717) is 29.1 Å². The Morgan fingerprint density at radius 3 is 2.62 bits per heavy atom. The number of ether oxygens (including phenoxy) is 2. The van der Waals surface area contributed by atoms with Crippen molar-refractivity contribution in [2.45, 2.75) is 19.8 Å². The van der Waals surface area contributed by atoms with E-state index in [2.05, 4.69) is 43.4 Å². The van der Waals surface area contributed by atoms with Gasteiger partial charge in [-0.25, -0.2) is 0 Å². The minimum absolute atomic E-state index is 0.306. The standard InChI is InChI=1S/C18H25BrN4O3/c1-3-25-18(24)17-16(19)15(21-22(17)2)12-26-14-6-4-13(5-7-14)23-10-8-20-9-11-23/h4-7,18,20,24H,3,8-12H2,1-2H3. The molecule has 1 atom stereocenters. The Balaban J connectivity index is 1.63. The second-order valence-electron chi connectivity index (χ2n) is 6.10. The van der Waals surface area contributed by atoms with E-state index in [9.17, 15) is 5.11 Å². The van der Waals surface area contributed by atoms with Gasteiger partial charge in [0.1, 0.15) is 23.7 Å². The summed E-state index contributed by atoms with van der Waals surface area (Å²) in [5.41, 5.74) is 2.51. The molecule has 1 aromatic carbocycles. The third-order valence-corrected chi connectivity index (χ3v) is 5.21. The molecule has 26 heavy (non-hydrogen) atoms. The molecule has 1 unspecified atom stereocenters. The lowest BCUT2D eigenvalue weighted by Gasteiger charge is -2.29. The quantitative estimate of drug-likeness (QED) is 0.663. The topological polar surface area (TPSA) is 71.8 Å². The maximum absolute atomic E-state index is 10.1. The van der Waals surface area contributed by atoms with Crippen molar-refractivity contribution < 1.29 is 14.6 Å². The number of aliphatic hydroxyl groups excluding tert-OH is 1. The van der Waals surface area contributed by atoms with E-state index in [-0.39, 0.29) is 0 Å². The minimum Gasteiger partial charge on any atom is -0.487 e. The van der Waals surface area contributed by atoms with Crippen molar-refractivity contribution in [3.05, 3.63) is 40.1 Å². The van der Waals surface area contributed by atoms with Crippen LogP contribution in [0.15, 0.2) is 28.7 Å². The van der Waals surface area contributed by atoms with Gasteiger partial charge in [0.15, 0.2) is 6.29 Å². The number of nitrogens with one attached hydrogen (secondary N) is 1. The van der Waals surface area contributed by atoms with Gasteiger partial charge in [-0.1, -0.05) is 0 Å². The highest BCUT2D eigenvalue weighted by Gasteiger charge is 2.21. The maximum atomic E-state index is 10.1. The lowest BCUT2D eigenvalue weighted by Crippen LogP contribution is -2.43. The summed E-state index contributed by atoms with van der Waals surface area (Å²) in [5.74, 6) is 0.786. The number of hydrogen-bond donors (Lipinski definition) is 2. The second-order valence-corrected chi connectivity index (χ2v) is 6.89. The van der Waals surface area contributed by atoms with E-state index in [1.807, 2.05) is 19.1 Å². The van der Waals surface area contributed by atoms with Crippen LogP contribution >= 0.6 is 15.9 Å². The van der Waals surface area contributed by atoms with E-state index in [4.69, 9.17) is 9.47 Å². The lowest BCUT2D eigenvalue weighted by molar-refractivity contribution is -0.103. The fourth-order valence-electron chi connectivity index (χ4n) is 2.99. The van der Waals surface area contributed by atoms with Gasteiger partial charge in [-0.15, -0.1) is 0 Å². The summed E-state index contributed by atoms with van der Waals surface area (Å²) in [6.07, 6.45) is -1.01. The summed E-state index contributed by atoms with van der Waals surface area (Å²) >= 11 is 3.49. The largest absolute Gasteiger partial charge is 0.487 e. The Morgan fingerprint density at radius 2 is 1.96 bits per heavy atom. The van der Waals surface area contributed by atoms with Crippen molar-refractivity contribution in [3.63, 3.8) is 0 Å². The first-order chi connectivity index (χ1) is 12.6. The van der Waals surface area contributed by atoms with Gasteiger partial charge < -0.3 is 24.8 Å². The van der Waals surface area contributed by atoms with Crippen molar-refractivity contribution in [3.8, 4) is 5.75 Å². The number of nitrogens with zero attached hydrogens (tertiary/aromatic N) is 3. The SMILES string of the molecule is CCOC(O)c1c(Br)c(COc2ccc(N3CCNCC3)cc2)nn1C. The van der Waals surface area contributed by atoms with Crippen LogP contribution in [0.3, 0.4) is 0 Å². The first-order valence-electron chi connectivity index (χ1n) is 8.79. The van der Waals surface area contributed by atoms with Crippen LogP contribution in [-0.2, 0) is 18.4 Å². The molecular formula is C18H25BrN4O3. The highest BCUT2D eigenvalue weighted by molar-refractivity contribution is 9.10. The molecule has 0 spiro atoms. The number of halogens is 1. The fourth-order valence-corrected chi connectivity index (χ4v) is 3.64.